The molecule has 0 bridgehead atoms. The summed E-state index contributed by atoms with van der Waals surface area (Å²) in [7, 11) is 0. The summed E-state index contributed by atoms with van der Waals surface area (Å²) in [5.74, 6) is -0.929. The molecule has 0 heterocycles. The number of halogens is 1. The number of hydrogen-bond donors (Lipinski definition) is 1. The monoisotopic (exact) mass is 232 g/mol. The van der Waals surface area contributed by atoms with Gasteiger partial charge in [0, 0.05) is 12.1 Å². The van der Waals surface area contributed by atoms with Crippen molar-refractivity contribution in [3.8, 4) is 6.07 Å². The normalized spacial score (nSPS) is 10.8. The number of nitrogens with one attached hydrogen (secondary N) is 1. The molecule has 1 aromatic carbocycles. The zero-order valence-electron chi connectivity index (χ0n) is 9.53. The first-order chi connectivity index (χ1) is 8.19. The standard InChI is InChI=1S/C13H13FN2O/c1-2-7-16-13(17)11(9-15)8-10-5-3-4-6-12(10)14/h3-6,8H,2,7H2,1H3,(H,16,17)/b11-8-. The molecule has 0 fully saturated rings. The molecule has 0 unspecified atom stereocenters. The molecule has 17 heavy (non-hydrogen) atoms. The maximum atomic E-state index is 13.3. The summed E-state index contributed by atoms with van der Waals surface area (Å²) in [5, 5.41) is 11.4. The van der Waals surface area contributed by atoms with Crippen LogP contribution in [0.1, 0.15) is 18.9 Å². The van der Waals surface area contributed by atoms with E-state index in [4.69, 9.17) is 5.26 Å². The Hall–Kier alpha value is -2.15. The Labute approximate surface area is 99.6 Å². The van der Waals surface area contributed by atoms with Crippen LogP contribution in [-0.4, -0.2) is 12.5 Å². The van der Waals surface area contributed by atoms with Crippen molar-refractivity contribution in [2.45, 2.75) is 13.3 Å². The van der Waals surface area contributed by atoms with E-state index < -0.39 is 11.7 Å². The minimum atomic E-state index is -0.474. The average Bonchev–Trinajstić information content (AvgIpc) is 2.35. The molecule has 0 saturated heterocycles. The van der Waals surface area contributed by atoms with Gasteiger partial charge in [0.15, 0.2) is 0 Å². The van der Waals surface area contributed by atoms with Crippen LogP contribution in [0.15, 0.2) is 29.8 Å². The fourth-order valence-corrected chi connectivity index (χ4v) is 1.23. The van der Waals surface area contributed by atoms with E-state index in [1.807, 2.05) is 6.92 Å². The van der Waals surface area contributed by atoms with E-state index >= 15 is 0 Å². The fraction of sp³-hybridized carbons (Fsp3) is 0.231. The molecule has 1 rings (SSSR count). The van der Waals surface area contributed by atoms with Crippen molar-refractivity contribution >= 4 is 12.0 Å². The smallest absolute Gasteiger partial charge is 0.261 e. The molecule has 0 radical (unpaired) electrons. The minimum absolute atomic E-state index is 0.0939. The van der Waals surface area contributed by atoms with E-state index in [2.05, 4.69) is 5.32 Å². The third-order valence-corrected chi connectivity index (χ3v) is 2.11. The highest BCUT2D eigenvalue weighted by atomic mass is 19.1. The van der Waals surface area contributed by atoms with E-state index in [9.17, 15) is 9.18 Å². The summed E-state index contributed by atoms with van der Waals surface area (Å²) in [6.07, 6.45) is 2.03. The lowest BCUT2D eigenvalue weighted by atomic mass is 10.1. The number of nitrogens with zero attached hydrogens (tertiary/aromatic N) is 1. The summed E-state index contributed by atoms with van der Waals surface area (Å²) >= 11 is 0. The number of rotatable bonds is 4. The van der Waals surface area contributed by atoms with Gasteiger partial charge in [0.1, 0.15) is 17.5 Å². The molecule has 0 spiro atoms. The first kappa shape index (κ1) is 12.9. The summed E-state index contributed by atoms with van der Waals surface area (Å²) in [6.45, 7) is 2.40. The largest absolute Gasteiger partial charge is 0.351 e. The van der Waals surface area contributed by atoms with Crippen LogP contribution in [0.3, 0.4) is 0 Å². The number of benzene rings is 1. The van der Waals surface area contributed by atoms with Gasteiger partial charge in [-0.25, -0.2) is 4.39 Å². The second-order valence-electron chi connectivity index (χ2n) is 3.45. The Balaban J connectivity index is 2.92. The average molecular weight is 232 g/mol. The summed E-state index contributed by atoms with van der Waals surface area (Å²) < 4.78 is 13.3. The highest BCUT2D eigenvalue weighted by Crippen LogP contribution is 2.11. The highest BCUT2D eigenvalue weighted by Gasteiger charge is 2.08. The van der Waals surface area contributed by atoms with Crippen LogP contribution in [0, 0.1) is 17.1 Å². The van der Waals surface area contributed by atoms with E-state index in [0.717, 1.165) is 6.42 Å². The zero-order chi connectivity index (χ0) is 12.7. The molecule has 1 N–H and O–H groups in total. The second kappa shape index (κ2) is 6.44. The number of hydrogen-bond acceptors (Lipinski definition) is 2. The number of carbonyl (C=O) groups is 1. The fourth-order valence-electron chi connectivity index (χ4n) is 1.23. The first-order valence-electron chi connectivity index (χ1n) is 5.33. The number of nitriles is 1. The third-order valence-electron chi connectivity index (χ3n) is 2.11. The van der Waals surface area contributed by atoms with Crippen LogP contribution in [0.5, 0.6) is 0 Å². The molecule has 0 aliphatic carbocycles. The molecule has 1 aromatic rings. The van der Waals surface area contributed by atoms with Crippen LogP contribution in [-0.2, 0) is 4.79 Å². The van der Waals surface area contributed by atoms with Gasteiger partial charge >= 0.3 is 0 Å². The third kappa shape index (κ3) is 3.72. The van der Waals surface area contributed by atoms with Crippen LogP contribution >= 0.6 is 0 Å². The van der Waals surface area contributed by atoms with E-state index in [0.29, 0.717) is 6.54 Å². The highest BCUT2D eigenvalue weighted by molar-refractivity contribution is 6.01. The number of carbonyl (C=O) groups excluding carboxylic acids is 1. The van der Waals surface area contributed by atoms with E-state index in [-0.39, 0.29) is 11.1 Å². The lowest BCUT2D eigenvalue weighted by molar-refractivity contribution is -0.117. The minimum Gasteiger partial charge on any atom is -0.351 e. The van der Waals surface area contributed by atoms with Crippen LogP contribution in [0.25, 0.3) is 6.08 Å². The molecular formula is C13H13FN2O. The van der Waals surface area contributed by atoms with Gasteiger partial charge < -0.3 is 5.32 Å². The molecule has 0 aromatic heterocycles. The van der Waals surface area contributed by atoms with Crippen LogP contribution in [0.4, 0.5) is 4.39 Å². The van der Waals surface area contributed by atoms with Gasteiger partial charge in [-0.2, -0.15) is 5.26 Å². The topological polar surface area (TPSA) is 52.9 Å². The molecule has 0 aliphatic heterocycles. The van der Waals surface area contributed by atoms with Crippen molar-refractivity contribution in [3.05, 3.63) is 41.2 Å². The zero-order valence-corrected chi connectivity index (χ0v) is 9.53. The summed E-state index contributed by atoms with van der Waals surface area (Å²) in [5.41, 5.74) is 0.138. The van der Waals surface area contributed by atoms with Gasteiger partial charge in [-0.1, -0.05) is 25.1 Å². The summed E-state index contributed by atoms with van der Waals surface area (Å²) in [4.78, 5) is 11.5. The molecule has 1 amide bonds. The van der Waals surface area contributed by atoms with Crippen molar-refractivity contribution in [2.24, 2.45) is 0 Å². The Morgan fingerprint density at radius 3 is 2.82 bits per heavy atom. The van der Waals surface area contributed by atoms with Crippen molar-refractivity contribution in [1.29, 1.82) is 5.26 Å². The van der Waals surface area contributed by atoms with Gasteiger partial charge in [0.2, 0.25) is 0 Å². The van der Waals surface area contributed by atoms with Gasteiger partial charge in [-0.3, -0.25) is 4.79 Å². The van der Waals surface area contributed by atoms with Crippen molar-refractivity contribution in [2.75, 3.05) is 6.54 Å². The van der Waals surface area contributed by atoms with Crippen molar-refractivity contribution in [3.63, 3.8) is 0 Å². The van der Waals surface area contributed by atoms with Gasteiger partial charge in [-0.15, -0.1) is 0 Å². The lowest BCUT2D eigenvalue weighted by Gasteiger charge is -2.02. The molecule has 0 aliphatic rings. The Kier molecular flexibility index (Phi) is 4.89. The Bertz CT molecular complexity index is 475. The Morgan fingerprint density at radius 1 is 1.53 bits per heavy atom. The van der Waals surface area contributed by atoms with E-state index in [1.54, 1.807) is 18.2 Å². The van der Waals surface area contributed by atoms with Crippen molar-refractivity contribution in [1.82, 2.24) is 5.32 Å². The summed E-state index contributed by atoms with van der Waals surface area (Å²) in [6, 6.07) is 7.76. The van der Waals surface area contributed by atoms with E-state index in [1.165, 1.54) is 18.2 Å². The molecule has 88 valence electrons. The molecule has 0 atom stereocenters. The SMILES string of the molecule is CCCNC(=O)/C(C#N)=C\c1ccccc1F. The molecular weight excluding hydrogens is 219 g/mol. The van der Waals surface area contributed by atoms with Crippen LogP contribution < -0.4 is 5.32 Å². The maximum absolute atomic E-state index is 13.3. The quantitative estimate of drug-likeness (QED) is 0.639. The second-order valence-corrected chi connectivity index (χ2v) is 3.45. The predicted octanol–water partition coefficient (Wildman–Crippen LogP) is 2.26. The van der Waals surface area contributed by atoms with Gasteiger partial charge in [0.05, 0.1) is 0 Å². The first-order valence-corrected chi connectivity index (χ1v) is 5.33. The van der Waals surface area contributed by atoms with Crippen molar-refractivity contribution < 1.29 is 9.18 Å². The van der Waals surface area contributed by atoms with Gasteiger partial charge in [0.25, 0.3) is 5.91 Å². The van der Waals surface area contributed by atoms with Crippen LogP contribution in [0.2, 0.25) is 0 Å². The van der Waals surface area contributed by atoms with Gasteiger partial charge in [-0.05, 0) is 18.6 Å². The lowest BCUT2D eigenvalue weighted by Crippen LogP contribution is -2.25. The number of amides is 1. The predicted molar refractivity (Wildman–Crippen MR) is 63.3 cm³/mol. The Morgan fingerprint density at radius 2 is 2.24 bits per heavy atom. The molecule has 4 heteroatoms. The molecule has 0 saturated carbocycles. The molecule has 3 nitrogen and oxygen atoms in total. The maximum Gasteiger partial charge on any atom is 0.261 e.